The number of carbonyl (C=O) groups is 2. The Morgan fingerprint density at radius 2 is 1.82 bits per heavy atom. The maximum Gasteiger partial charge on any atom is 0.321 e. The number of nitrogens with one attached hydrogen (secondary N) is 1. The average molecular weight is 604 g/mol. The van der Waals surface area contributed by atoms with E-state index in [0.717, 1.165) is 29.4 Å². The average Bonchev–Trinajstić information content (AvgIpc) is 3.69. The predicted molar refractivity (Wildman–Crippen MR) is 161 cm³/mol. The molecule has 1 amide bonds. The monoisotopic (exact) mass is 603 g/mol. The zero-order valence-electron chi connectivity index (χ0n) is 24.7. The highest BCUT2D eigenvalue weighted by Gasteiger charge is 2.35. The number of hydrogen-bond acceptors (Lipinski definition) is 6. The van der Waals surface area contributed by atoms with Crippen LogP contribution < -0.4 is 19.5 Å². The molecule has 10 heteroatoms. The number of amides is 1. The largest absolute Gasteiger partial charge is 0.486 e. The van der Waals surface area contributed by atoms with Gasteiger partial charge in [0.15, 0.2) is 17.3 Å². The molecule has 1 N–H and O–H groups in total. The Bertz CT molecular complexity index is 1680. The number of Topliss-reactive ketones (excluding diaryl/α,β-unsaturated/α-hetero) is 1. The second-order valence-electron chi connectivity index (χ2n) is 11.7. The molecule has 0 spiro atoms. The van der Waals surface area contributed by atoms with Crippen LogP contribution in [0.5, 0.6) is 17.2 Å². The number of halogens is 2. The van der Waals surface area contributed by atoms with Crippen molar-refractivity contribution in [1.29, 1.82) is 0 Å². The Morgan fingerprint density at radius 3 is 2.59 bits per heavy atom. The minimum absolute atomic E-state index is 0.151. The molecule has 1 aromatic heterocycles. The number of fused-ring (bicyclic) bond motifs is 2. The number of carbonyl (C=O) groups excluding carboxylic acids is 2. The van der Waals surface area contributed by atoms with Crippen LogP contribution in [0.3, 0.4) is 0 Å². The molecule has 2 heterocycles. The van der Waals surface area contributed by atoms with E-state index in [1.54, 1.807) is 42.1 Å². The molecular formula is C34H35F2N3O5. The van der Waals surface area contributed by atoms with E-state index in [1.165, 1.54) is 12.8 Å². The number of hydrogen-bond donors (Lipinski definition) is 1. The van der Waals surface area contributed by atoms with Crippen molar-refractivity contribution < 1.29 is 32.6 Å². The standard InChI is InChI=1S/C34H35F2N3O5/c1-21(38-33(41)34(2,35)36)32(24-10-13-30-31(19-24)43-15-14-42-30)44-27-11-12-28-25(18-27)20-37-39(28)26-9-5-8-23(17-26)29(40)16-22-6-3-4-7-22/h5,8-13,17-22,32H,3-4,6-7,14-16H2,1-2H3,(H,38,41)/t21-,32-/m0/s1. The first-order valence-electron chi connectivity index (χ1n) is 15.0. The van der Waals surface area contributed by atoms with Crippen LogP contribution >= 0.6 is 0 Å². The van der Waals surface area contributed by atoms with Crippen LogP contribution in [0.15, 0.2) is 66.9 Å². The number of benzene rings is 3. The zero-order chi connectivity index (χ0) is 30.8. The van der Waals surface area contributed by atoms with Gasteiger partial charge in [-0.1, -0.05) is 43.9 Å². The first-order chi connectivity index (χ1) is 21.2. The van der Waals surface area contributed by atoms with Crippen molar-refractivity contribution in [2.75, 3.05) is 13.2 Å². The molecule has 4 aromatic rings. The fourth-order valence-corrected chi connectivity index (χ4v) is 5.95. The highest BCUT2D eigenvalue weighted by molar-refractivity contribution is 5.97. The van der Waals surface area contributed by atoms with Gasteiger partial charge in [0.25, 0.3) is 5.91 Å². The molecule has 2 aliphatic rings. The molecule has 2 atom stereocenters. The zero-order valence-corrected chi connectivity index (χ0v) is 24.7. The molecule has 1 aliphatic heterocycles. The number of rotatable bonds is 10. The van der Waals surface area contributed by atoms with Gasteiger partial charge in [0.1, 0.15) is 25.1 Å². The van der Waals surface area contributed by atoms with E-state index >= 15 is 0 Å². The van der Waals surface area contributed by atoms with Crippen molar-refractivity contribution in [3.63, 3.8) is 0 Å². The molecular weight excluding hydrogens is 568 g/mol. The number of alkyl halides is 2. The van der Waals surface area contributed by atoms with Crippen molar-refractivity contribution in [3.8, 4) is 22.9 Å². The van der Waals surface area contributed by atoms with Crippen LogP contribution in [0.4, 0.5) is 8.78 Å². The molecule has 230 valence electrons. The SMILES string of the molecule is C[C@H](NC(=O)C(C)(F)F)[C@H](Oc1ccc2c(cnn2-c2cccc(C(=O)CC3CCCC3)c2)c1)c1ccc2c(c1)OCCO2. The fourth-order valence-electron chi connectivity index (χ4n) is 5.95. The van der Waals surface area contributed by atoms with E-state index in [1.807, 2.05) is 36.4 Å². The van der Waals surface area contributed by atoms with Gasteiger partial charge >= 0.3 is 5.92 Å². The summed E-state index contributed by atoms with van der Waals surface area (Å²) in [5.74, 6) is -2.76. The molecule has 6 rings (SSSR count). The van der Waals surface area contributed by atoms with Crippen molar-refractivity contribution in [3.05, 3.63) is 78.0 Å². The van der Waals surface area contributed by atoms with Crippen molar-refractivity contribution in [2.24, 2.45) is 5.92 Å². The molecule has 8 nitrogen and oxygen atoms in total. The molecule has 1 saturated carbocycles. The highest BCUT2D eigenvalue weighted by Crippen LogP contribution is 2.36. The van der Waals surface area contributed by atoms with E-state index < -0.39 is 24.0 Å². The van der Waals surface area contributed by atoms with Gasteiger partial charge in [-0.15, -0.1) is 0 Å². The van der Waals surface area contributed by atoms with Crippen LogP contribution in [0, 0.1) is 5.92 Å². The van der Waals surface area contributed by atoms with Crippen molar-refractivity contribution in [2.45, 2.75) is 64.0 Å². The van der Waals surface area contributed by atoms with E-state index in [4.69, 9.17) is 14.2 Å². The van der Waals surface area contributed by atoms with Gasteiger partial charge in [-0.25, -0.2) is 4.68 Å². The second-order valence-corrected chi connectivity index (χ2v) is 11.7. The molecule has 3 aromatic carbocycles. The Morgan fingerprint density at radius 1 is 1.05 bits per heavy atom. The molecule has 1 fully saturated rings. The number of ether oxygens (including phenoxy) is 3. The maximum atomic E-state index is 13.8. The summed E-state index contributed by atoms with van der Waals surface area (Å²) in [7, 11) is 0. The van der Waals surface area contributed by atoms with Crippen LogP contribution in [0.2, 0.25) is 0 Å². The topological polar surface area (TPSA) is 91.7 Å². The summed E-state index contributed by atoms with van der Waals surface area (Å²) >= 11 is 0. The summed E-state index contributed by atoms with van der Waals surface area (Å²) in [6.07, 6.45) is 6.08. The third-order valence-electron chi connectivity index (χ3n) is 8.27. The molecule has 0 unspecified atom stereocenters. The summed E-state index contributed by atoms with van der Waals surface area (Å²) in [5, 5.41) is 7.75. The molecule has 44 heavy (non-hydrogen) atoms. The van der Waals surface area contributed by atoms with Gasteiger partial charge in [-0.3, -0.25) is 9.59 Å². The number of aromatic nitrogens is 2. The van der Waals surface area contributed by atoms with Gasteiger partial charge < -0.3 is 19.5 Å². The second kappa shape index (κ2) is 12.3. The molecule has 0 bridgehead atoms. The summed E-state index contributed by atoms with van der Waals surface area (Å²) < 4.78 is 47.0. The fraction of sp³-hybridized carbons (Fsp3) is 0.382. The van der Waals surface area contributed by atoms with Crippen LogP contribution in [-0.4, -0.2) is 46.6 Å². The number of ketones is 1. The predicted octanol–water partition coefficient (Wildman–Crippen LogP) is 6.84. The molecule has 0 saturated heterocycles. The lowest BCUT2D eigenvalue weighted by Crippen LogP contribution is -2.46. The van der Waals surface area contributed by atoms with Gasteiger partial charge in [0.05, 0.1) is 23.4 Å². The smallest absolute Gasteiger partial charge is 0.321 e. The Balaban J connectivity index is 1.26. The Hall–Kier alpha value is -4.47. The lowest BCUT2D eigenvalue weighted by molar-refractivity contribution is -0.144. The van der Waals surface area contributed by atoms with E-state index in [-0.39, 0.29) is 5.78 Å². The van der Waals surface area contributed by atoms with Crippen LogP contribution in [-0.2, 0) is 4.79 Å². The highest BCUT2D eigenvalue weighted by atomic mass is 19.3. The minimum Gasteiger partial charge on any atom is -0.486 e. The quantitative estimate of drug-likeness (QED) is 0.200. The first-order valence-corrected chi connectivity index (χ1v) is 15.0. The Kier molecular flexibility index (Phi) is 8.25. The Labute approximate surface area is 254 Å². The van der Waals surface area contributed by atoms with Crippen LogP contribution in [0.1, 0.15) is 68.0 Å². The third-order valence-corrected chi connectivity index (χ3v) is 8.27. The van der Waals surface area contributed by atoms with Gasteiger partial charge in [-0.05, 0) is 60.9 Å². The lowest BCUT2D eigenvalue weighted by Gasteiger charge is -2.28. The van der Waals surface area contributed by atoms with E-state index in [9.17, 15) is 18.4 Å². The summed E-state index contributed by atoms with van der Waals surface area (Å²) in [6, 6.07) is 17.4. The van der Waals surface area contributed by atoms with Gasteiger partial charge in [0, 0.05) is 24.3 Å². The van der Waals surface area contributed by atoms with Crippen LogP contribution in [0.25, 0.3) is 16.6 Å². The third kappa shape index (κ3) is 6.39. The molecule has 1 aliphatic carbocycles. The summed E-state index contributed by atoms with van der Waals surface area (Å²) in [6.45, 7) is 2.98. The summed E-state index contributed by atoms with van der Waals surface area (Å²) in [4.78, 5) is 25.1. The summed E-state index contributed by atoms with van der Waals surface area (Å²) in [5.41, 5.74) is 2.88. The van der Waals surface area contributed by atoms with Crippen molar-refractivity contribution >= 4 is 22.6 Å². The van der Waals surface area contributed by atoms with Gasteiger partial charge in [0.2, 0.25) is 0 Å². The van der Waals surface area contributed by atoms with Crippen molar-refractivity contribution in [1.82, 2.24) is 15.1 Å². The normalized spacial score (nSPS) is 16.5. The maximum absolute atomic E-state index is 13.8. The van der Waals surface area contributed by atoms with Gasteiger partial charge in [-0.2, -0.15) is 13.9 Å². The van der Waals surface area contributed by atoms with E-state index in [2.05, 4.69) is 10.4 Å². The minimum atomic E-state index is -3.54. The lowest BCUT2D eigenvalue weighted by atomic mass is 9.97. The molecule has 0 radical (unpaired) electrons. The number of nitrogens with zero attached hydrogens (tertiary/aromatic N) is 2. The first kappa shape index (κ1) is 29.6. The van der Waals surface area contributed by atoms with E-state index in [0.29, 0.717) is 60.9 Å².